The lowest BCUT2D eigenvalue weighted by Gasteiger charge is -2.09. The molecule has 2 rings (SSSR count). The van der Waals surface area contributed by atoms with Gasteiger partial charge in [-0.1, -0.05) is 41.9 Å². The van der Waals surface area contributed by atoms with Crippen molar-refractivity contribution in [1.29, 1.82) is 0 Å². The summed E-state index contributed by atoms with van der Waals surface area (Å²) in [4.78, 5) is 0.309. The molecule has 1 N–H and O–H groups in total. The third kappa shape index (κ3) is 3.56. The normalized spacial score (nSPS) is 11.5. The molecule has 5 heteroatoms. The lowest BCUT2D eigenvalue weighted by atomic mass is 10.2. The molecule has 0 unspecified atom stereocenters. The van der Waals surface area contributed by atoms with Gasteiger partial charge in [-0.25, -0.2) is 13.1 Å². The van der Waals surface area contributed by atoms with Gasteiger partial charge in [0.2, 0.25) is 10.0 Å². The van der Waals surface area contributed by atoms with E-state index in [1.165, 1.54) is 0 Å². The molecule has 100 valence electrons. The summed E-state index contributed by atoms with van der Waals surface area (Å²) in [5.41, 5.74) is 1.59. The fourth-order valence-electron chi connectivity index (χ4n) is 1.72. The van der Waals surface area contributed by atoms with Gasteiger partial charge in [0.15, 0.2) is 0 Å². The number of aryl methyl sites for hydroxylation is 1. The van der Waals surface area contributed by atoms with Crippen molar-refractivity contribution in [3.8, 4) is 0 Å². The Labute approximate surface area is 118 Å². The molecule has 0 amide bonds. The van der Waals surface area contributed by atoms with E-state index in [0.717, 1.165) is 11.1 Å². The number of nitrogens with one attached hydrogen (secondary N) is 1. The molecule has 0 aliphatic heterocycles. The van der Waals surface area contributed by atoms with Crippen molar-refractivity contribution in [3.63, 3.8) is 0 Å². The number of halogens is 1. The Hall–Kier alpha value is -1.36. The van der Waals surface area contributed by atoms with Crippen LogP contribution in [0.25, 0.3) is 0 Å². The van der Waals surface area contributed by atoms with Crippen LogP contribution in [-0.4, -0.2) is 8.42 Å². The average Bonchev–Trinajstić information content (AvgIpc) is 2.38. The third-order valence-electron chi connectivity index (χ3n) is 2.76. The van der Waals surface area contributed by atoms with E-state index in [1.54, 1.807) is 49.4 Å². The summed E-state index contributed by atoms with van der Waals surface area (Å²) < 4.78 is 26.9. The van der Waals surface area contributed by atoms with Crippen LogP contribution in [0.5, 0.6) is 0 Å². The number of hydrogen-bond acceptors (Lipinski definition) is 2. The first-order valence-electron chi connectivity index (χ1n) is 5.79. The van der Waals surface area contributed by atoms with E-state index in [4.69, 9.17) is 11.6 Å². The van der Waals surface area contributed by atoms with Crippen LogP contribution < -0.4 is 4.72 Å². The average molecular weight is 296 g/mol. The van der Waals surface area contributed by atoms with Gasteiger partial charge < -0.3 is 0 Å². The summed E-state index contributed by atoms with van der Waals surface area (Å²) >= 11 is 5.78. The van der Waals surface area contributed by atoms with Crippen molar-refractivity contribution >= 4 is 21.6 Å². The summed E-state index contributed by atoms with van der Waals surface area (Å²) in [5, 5.41) is 0.630. The summed E-state index contributed by atoms with van der Waals surface area (Å²) in [5.74, 6) is 0. The molecular formula is C14H14ClNO2S. The van der Waals surface area contributed by atoms with Crippen molar-refractivity contribution in [2.24, 2.45) is 0 Å². The van der Waals surface area contributed by atoms with E-state index in [1.807, 2.05) is 6.07 Å². The Morgan fingerprint density at radius 2 is 1.68 bits per heavy atom. The van der Waals surface area contributed by atoms with Crippen molar-refractivity contribution in [3.05, 3.63) is 64.7 Å². The van der Waals surface area contributed by atoms with Crippen LogP contribution in [0.1, 0.15) is 11.1 Å². The first kappa shape index (κ1) is 14.1. The highest BCUT2D eigenvalue weighted by atomic mass is 35.5. The van der Waals surface area contributed by atoms with Gasteiger partial charge in [-0.2, -0.15) is 0 Å². The number of sulfonamides is 1. The summed E-state index contributed by atoms with van der Waals surface area (Å²) in [6.45, 7) is 2.02. The van der Waals surface area contributed by atoms with E-state index >= 15 is 0 Å². The maximum Gasteiger partial charge on any atom is 0.241 e. The van der Waals surface area contributed by atoms with Gasteiger partial charge in [0.1, 0.15) is 0 Å². The number of hydrogen-bond donors (Lipinski definition) is 1. The molecule has 0 saturated heterocycles. The van der Waals surface area contributed by atoms with Gasteiger partial charge in [0, 0.05) is 11.6 Å². The molecular weight excluding hydrogens is 282 g/mol. The van der Waals surface area contributed by atoms with Crippen LogP contribution in [-0.2, 0) is 16.6 Å². The van der Waals surface area contributed by atoms with E-state index in [2.05, 4.69) is 4.72 Å². The van der Waals surface area contributed by atoms with Crippen molar-refractivity contribution < 1.29 is 8.42 Å². The highest BCUT2D eigenvalue weighted by molar-refractivity contribution is 7.89. The molecule has 0 aromatic heterocycles. The molecule has 0 saturated carbocycles. The molecule has 0 fully saturated rings. The molecule has 0 aliphatic rings. The van der Waals surface area contributed by atoms with Gasteiger partial charge in [0.05, 0.1) is 4.90 Å². The SMILES string of the molecule is Cc1ccccc1S(=O)(=O)NCc1ccc(Cl)cc1. The zero-order valence-corrected chi connectivity index (χ0v) is 12.0. The second kappa shape index (κ2) is 5.74. The Morgan fingerprint density at radius 3 is 2.32 bits per heavy atom. The second-order valence-corrected chi connectivity index (χ2v) is 6.39. The first-order valence-corrected chi connectivity index (χ1v) is 7.65. The van der Waals surface area contributed by atoms with Crippen LogP contribution in [0.2, 0.25) is 5.02 Å². The fraction of sp³-hybridized carbons (Fsp3) is 0.143. The zero-order valence-electron chi connectivity index (χ0n) is 10.4. The highest BCUT2D eigenvalue weighted by Gasteiger charge is 2.15. The highest BCUT2D eigenvalue weighted by Crippen LogP contribution is 2.15. The van der Waals surface area contributed by atoms with Gasteiger partial charge in [-0.3, -0.25) is 0 Å². The molecule has 0 spiro atoms. The van der Waals surface area contributed by atoms with Crippen molar-refractivity contribution in [2.45, 2.75) is 18.4 Å². The maximum atomic E-state index is 12.2. The van der Waals surface area contributed by atoms with Gasteiger partial charge in [-0.05, 0) is 36.2 Å². The number of rotatable bonds is 4. The van der Waals surface area contributed by atoms with Gasteiger partial charge >= 0.3 is 0 Å². The van der Waals surface area contributed by atoms with E-state index in [-0.39, 0.29) is 6.54 Å². The van der Waals surface area contributed by atoms with Crippen LogP contribution in [0, 0.1) is 6.92 Å². The van der Waals surface area contributed by atoms with E-state index in [9.17, 15) is 8.42 Å². The topological polar surface area (TPSA) is 46.2 Å². The van der Waals surface area contributed by atoms with Gasteiger partial charge in [0.25, 0.3) is 0 Å². The van der Waals surface area contributed by atoms with Crippen LogP contribution >= 0.6 is 11.6 Å². The lowest BCUT2D eigenvalue weighted by Crippen LogP contribution is -2.23. The summed E-state index contributed by atoms with van der Waals surface area (Å²) in [6, 6.07) is 14.0. The molecule has 0 atom stereocenters. The molecule has 0 bridgehead atoms. The molecule has 19 heavy (non-hydrogen) atoms. The van der Waals surface area contributed by atoms with Crippen LogP contribution in [0.3, 0.4) is 0 Å². The molecule has 2 aromatic carbocycles. The lowest BCUT2D eigenvalue weighted by molar-refractivity contribution is 0.580. The first-order chi connectivity index (χ1) is 8.99. The molecule has 3 nitrogen and oxygen atoms in total. The Morgan fingerprint density at radius 1 is 1.05 bits per heavy atom. The maximum absolute atomic E-state index is 12.2. The van der Waals surface area contributed by atoms with Crippen molar-refractivity contribution in [2.75, 3.05) is 0 Å². The quantitative estimate of drug-likeness (QED) is 0.942. The Bertz CT molecular complexity index is 666. The Balaban J connectivity index is 2.14. The van der Waals surface area contributed by atoms with Crippen LogP contribution in [0.15, 0.2) is 53.4 Å². The van der Waals surface area contributed by atoms with Crippen molar-refractivity contribution in [1.82, 2.24) is 4.72 Å². The second-order valence-electron chi connectivity index (χ2n) is 4.22. The van der Waals surface area contributed by atoms with E-state index < -0.39 is 10.0 Å². The molecule has 0 radical (unpaired) electrons. The molecule has 0 heterocycles. The smallest absolute Gasteiger partial charge is 0.207 e. The fourth-order valence-corrected chi connectivity index (χ4v) is 3.10. The molecule has 2 aromatic rings. The minimum absolute atomic E-state index is 0.244. The summed E-state index contributed by atoms with van der Waals surface area (Å²) in [7, 11) is -3.48. The van der Waals surface area contributed by atoms with Gasteiger partial charge in [-0.15, -0.1) is 0 Å². The number of benzene rings is 2. The third-order valence-corrected chi connectivity index (χ3v) is 4.58. The predicted octanol–water partition coefficient (Wildman–Crippen LogP) is 3.13. The largest absolute Gasteiger partial charge is 0.241 e. The monoisotopic (exact) mass is 295 g/mol. The minimum atomic E-state index is -3.48. The molecule has 0 aliphatic carbocycles. The Kier molecular flexibility index (Phi) is 4.24. The minimum Gasteiger partial charge on any atom is -0.207 e. The standard InChI is InChI=1S/C14H14ClNO2S/c1-11-4-2-3-5-14(11)19(17,18)16-10-12-6-8-13(15)9-7-12/h2-9,16H,10H2,1H3. The zero-order chi connectivity index (χ0) is 13.9. The predicted molar refractivity (Wildman–Crippen MR) is 76.7 cm³/mol. The van der Waals surface area contributed by atoms with E-state index in [0.29, 0.717) is 9.92 Å². The summed E-state index contributed by atoms with van der Waals surface area (Å²) in [6.07, 6.45) is 0. The van der Waals surface area contributed by atoms with Crippen LogP contribution in [0.4, 0.5) is 0 Å².